The summed E-state index contributed by atoms with van der Waals surface area (Å²) in [4.78, 5) is 16.2. The molecule has 1 unspecified atom stereocenters. The molecular formula is C16H15F2NO3. The van der Waals surface area contributed by atoms with Gasteiger partial charge in [0.25, 0.3) is 0 Å². The summed E-state index contributed by atoms with van der Waals surface area (Å²) >= 11 is 0. The maximum Gasteiger partial charge on any atom is 0.387 e. The summed E-state index contributed by atoms with van der Waals surface area (Å²) in [5, 5.41) is 0. The lowest BCUT2D eigenvalue weighted by Gasteiger charge is -2.16. The van der Waals surface area contributed by atoms with Crippen molar-refractivity contribution in [1.82, 2.24) is 4.98 Å². The molecule has 4 nitrogen and oxygen atoms in total. The molecular weight excluding hydrogens is 292 g/mol. The molecule has 1 aromatic heterocycles. The Morgan fingerprint density at radius 2 is 1.77 bits per heavy atom. The molecule has 0 aliphatic carbocycles. The van der Waals surface area contributed by atoms with Gasteiger partial charge in [0.2, 0.25) is 5.78 Å². The number of benzene rings is 1. The normalized spacial score (nSPS) is 12.0. The molecule has 2 rings (SSSR count). The van der Waals surface area contributed by atoms with Crippen molar-refractivity contribution < 1.29 is 23.0 Å². The van der Waals surface area contributed by atoms with Gasteiger partial charge in [0.05, 0.1) is 0 Å². The highest BCUT2D eigenvalue weighted by Gasteiger charge is 2.20. The van der Waals surface area contributed by atoms with E-state index in [4.69, 9.17) is 4.74 Å². The number of Topliss-reactive ketones (excluding diaryl/α,β-unsaturated/α-hetero) is 1. The Bertz CT molecular complexity index is 603. The van der Waals surface area contributed by atoms with Crippen molar-refractivity contribution in [2.24, 2.45) is 0 Å². The van der Waals surface area contributed by atoms with Crippen LogP contribution in [0.2, 0.25) is 0 Å². The molecule has 1 aromatic carbocycles. The first-order chi connectivity index (χ1) is 10.6. The van der Waals surface area contributed by atoms with Crippen LogP contribution < -0.4 is 9.47 Å². The lowest BCUT2D eigenvalue weighted by molar-refractivity contribution is -0.0498. The van der Waals surface area contributed by atoms with Crippen LogP contribution in [0.25, 0.3) is 0 Å². The third-order valence-corrected chi connectivity index (χ3v) is 2.94. The highest BCUT2D eigenvalue weighted by atomic mass is 19.3. The van der Waals surface area contributed by atoms with Crippen LogP contribution in [0.3, 0.4) is 0 Å². The Morgan fingerprint density at radius 3 is 2.27 bits per heavy atom. The van der Waals surface area contributed by atoms with Crippen molar-refractivity contribution in [2.45, 2.75) is 26.1 Å². The molecule has 1 atom stereocenters. The maximum atomic E-state index is 12.3. The molecule has 1 heterocycles. The number of ketones is 1. The zero-order valence-corrected chi connectivity index (χ0v) is 11.9. The van der Waals surface area contributed by atoms with Gasteiger partial charge < -0.3 is 9.47 Å². The van der Waals surface area contributed by atoms with Crippen molar-refractivity contribution in [3.63, 3.8) is 0 Å². The predicted molar refractivity (Wildman–Crippen MR) is 76.3 cm³/mol. The molecule has 0 N–H and O–H groups in total. The predicted octanol–water partition coefficient (Wildman–Crippen LogP) is 3.72. The average molecular weight is 307 g/mol. The second-order valence-corrected chi connectivity index (χ2v) is 4.47. The smallest absolute Gasteiger partial charge is 0.387 e. The summed E-state index contributed by atoms with van der Waals surface area (Å²) in [6.45, 7) is -1.05. The zero-order valence-electron chi connectivity index (χ0n) is 11.9. The summed E-state index contributed by atoms with van der Waals surface area (Å²) in [5.74, 6) is 0.267. The fourth-order valence-corrected chi connectivity index (χ4v) is 1.88. The van der Waals surface area contributed by atoms with Gasteiger partial charge in [-0.3, -0.25) is 9.78 Å². The van der Waals surface area contributed by atoms with Gasteiger partial charge >= 0.3 is 6.61 Å². The third-order valence-electron chi connectivity index (χ3n) is 2.94. The van der Waals surface area contributed by atoms with Crippen LogP contribution in [0.5, 0.6) is 11.5 Å². The maximum absolute atomic E-state index is 12.3. The molecule has 0 fully saturated rings. The highest BCUT2D eigenvalue weighted by Crippen LogP contribution is 2.21. The Morgan fingerprint density at radius 1 is 1.14 bits per heavy atom. The number of rotatable bonds is 7. The first-order valence-electron chi connectivity index (χ1n) is 6.76. The van der Waals surface area contributed by atoms with Crippen LogP contribution >= 0.6 is 0 Å². The van der Waals surface area contributed by atoms with Crippen LogP contribution in [0.4, 0.5) is 8.78 Å². The molecule has 0 aliphatic heterocycles. The minimum atomic E-state index is -2.87. The molecule has 0 amide bonds. The first kappa shape index (κ1) is 15.9. The standard InChI is InChI=1S/C16H15F2NO3/c1-2-14(15(20)11-4-3-9-19-10-11)21-12-5-7-13(8-6-12)22-16(17)18/h3-10,14,16H,2H2,1H3. The van der Waals surface area contributed by atoms with E-state index in [0.29, 0.717) is 17.7 Å². The van der Waals surface area contributed by atoms with Crippen molar-refractivity contribution in [1.29, 1.82) is 0 Å². The number of ether oxygens (including phenoxy) is 2. The second-order valence-electron chi connectivity index (χ2n) is 4.47. The van der Waals surface area contributed by atoms with Gasteiger partial charge in [-0.15, -0.1) is 0 Å². The van der Waals surface area contributed by atoms with Gasteiger partial charge in [-0.2, -0.15) is 8.78 Å². The Balaban J connectivity index is 2.05. The molecule has 0 saturated carbocycles. The van der Waals surface area contributed by atoms with E-state index in [9.17, 15) is 13.6 Å². The van der Waals surface area contributed by atoms with Crippen molar-refractivity contribution >= 4 is 5.78 Å². The van der Waals surface area contributed by atoms with Gasteiger partial charge in [0.15, 0.2) is 6.10 Å². The summed E-state index contributed by atoms with van der Waals surface area (Å²) in [5.41, 5.74) is 0.465. The van der Waals surface area contributed by atoms with Gasteiger partial charge in [-0.05, 0) is 42.8 Å². The van der Waals surface area contributed by atoms with Crippen LogP contribution in [-0.2, 0) is 0 Å². The van der Waals surface area contributed by atoms with E-state index in [2.05, 4.69) is 9.72 Å². The lowest BCUT2D eigenvalue weighted by Crippen LogP contribution is -2.26. The van der Waals surface area contributed by atoms with E-state index in [1.165, 1.54) is 30.5 Å². The number of pyridine rings is 1. The van der Waals surface area contributed by atoms with Crippen molar-refractivity contribution in [3.8, 4) is 11.5 Å². The fraction of sp³-hybridized carbons (Fsp3) is 0.250. The number of alkyl halides is 2. The molecule has 0 bridgehead atoms. The van der Waals surface area contributed by atoms with Gasteiger partial charge in [0.1, 0.15) is 11.5 Å². The van der Waals surface area contributed by atoms with Crippen LogP contribution in [0, 0.1) is 0 Å². The minimum absolute atomic E-state index is 0.0361. The highest BCUT2D eigenvalue weighted by molar-refractivity contribution is 5.99. The van der Waals surface area contributed by atoms with Gasteiger partial charge in [-0.25, -0.2) is 0 Å². The van der Waals surface area contributed by atoms with Crippen molar-refractivity contribution in [3.05, 3.63) is 54.4 Å². The van der Waals surface area contributed by atoms with E-state index in [1.54, 1.807) is 18.3 Å². The number of nitrogens with zero attached hydrogens (tertiary/aromatic N) is 1. The average Bonchev–Trinajstić information content (AvgIpc) is 2.54. The quantitative estimate of drug-likeness (QED) is 0.731. The molecule has 0 saturated heterocycles. The monoisotopic (exact) mass is 307 g/mol. The Kier molecular flexibility index (Phi) is 5.41. The van der Waals surface area contributed by atoms with Crippen LogP contribution in [0.1, 0.15) is 23.7 Å². The van der Waals surface area contributed by atoms with E-state index in [-0.39, 0.29) is 11.5 Å². The fourth-order valence-electron chi connectivity index (χ4n) is 1.88. The number of carbonyl (C=O) groups excluding carboxylic acids is 1. The number of hydrogen-bond acceptors (Lipinski definition) is 4. The molecule has 0 spiro atoms. The van der Waals surface area contributed by atoms with E-state index in [1.807, 2.05) is 6.92 Å². The molecule has 22 heavy (non-hydrogen) atoms. The Labute approximate surface area is 126 Å². The van der Waals surface area contributed by atoms with Crippen LogP contribution in [-0.4, -0.2) is 23.5 Å². The second kappa shape index (κ2) is 7.49. The van der Waals surface area contributed by atoms with E-state index >= 15 is 0 Å². The molecule has 116 valence electrons. The summed E-state index contributed by atoms with van der Waals surface area (Å²) in [6, 6.07) is 9.04. The number of halogens is 2. The van der Waals surface area contributed by atoms with Crippen LogP contribution in [0.15, 0.2) is 48.8 Å². The number of aromatic nitrogens is 1. The summed E-state index contributed by atoms with van der Waals surface area (Å²) in [6.07, 6.45) is 2.88. The summed E-state index contributed by atoms with van der Waals surface area (Å²) in [7, 11) is 0. The number of carbonyl (C=O) groups is 1. The lowest BCUT2D eigenvalue weighted by atomic mass is 10.1. The zero-order chi connectivity index (χ0) is 15.9. The molecule has 0 radical (unpaired) electrons. The Hall–Kier alpha value is -2.50. The summed E-state index contributed by atoms with van der Waals surface area (Å²) < 4.78 is 34.0. The van der Waals surface area contributed by atoms with Gasteiger partial charge in [-0.1, -0.05) is 6.92 Å². The topological polar surface area (TPSA) is 48.4 Å². The molecule has 0 aliphatic rings. The molecule has 6 heteroatoms. The molecule has 2 aromatic rings. The SMILES string of the molecule is CCC(Oc1ccc(OC(F)F)cc1)C(=O)c1cccnc1. The van der Waals surface area contributed by atoms with E-state index < -0.39 is 12.7 Å². The largest absolute Gasteiger partial charge is 0.482 e. The number of hydrogen-bond donors (Lipinski definition) is 0. The van der Waals surface area contributed by atoms with Crippen molar-refractivity contribution in [2.75, 3.05) is 0 Å². The first-order valence-corrected chi connectivity index (χ1v) is 6.76. The van der Waals surface area contributed by atoms with Gasteiger partial charge in [0, 0.05) is 18.0 Å². The third kappa shape index (κ3) is 4.25. The van der Waals surface area contributed by atoms with E-state index in [0.717, 1.165) is 0 Å². The minimum Gasteiger partial charge on any atom is -0.482 e.